The largest absolute Gasteiger partial charge is 0.480 e. The molecule has 0 unspecified atom stereocenters. The molecule has 1 aliphatic carbocycles. The molecule has 1 saturated carbocycles. The van der Waals surface area contributed by atoms with E-state index in [1.54, 1.807) is 0 Å². The molecule has 0 saturated heterocycles. The second-order valence-electron chi connectivity index (χ2n) is 4.96. The molecule has 0 aromatic rings. The molecule has 0 aromatic carbocycles. The van der Waals surface area contributed by atoms with Gasteiger partial charge in [0, 0.05) is 6.54 Å². The highest BCUT2D eigenvalue weighted by atomic mass is 16.4. The summed E-state index contributed by atoms with van der Waals surface area (Å²) in [6.07, 6.45) is 5.59. The number of hydrogen-bond acceptors (Lipinski definition) is 3. The van der Waals surface area contributed by atoms with E-state index in [0.717, 1.165) is 19.3 Å². The first-order valence-electron chi connectivity index (χ1n) is 6.41. The van der Waals surface area contributed by atoms with Crippen LogP contribution < -0.4 is 10.6 Å². The Hall–Kier alpha value is -1.30. The first-order chi connectivity index (χ1) is 8.53. The number of carbonyl (C=O) groups is 2. The summed E-state index contributed by atoms with van der Waals surface area (Å²) in [5.41, 5.74) is 0.162. The maximum absolute atomic E-state index is 11.5. The Morgan fingerprint density at radius 3 is 2.39 bits per heavy atom. The summed E-state index contributed by atoms with van der Waals surface area (Å²) in [7, 11) is 0. The number of aliphatic hydroxyl groups is 1. The average molecular weight is 258 g/mol. The SMILES string of the molecule is CCC1(CNC(=O)N[C@@H](CO)C(=O)O)CCCC1. The molecule has 18 heavy (non-hydrogen) atoms. The zero-order valence-corrected chi connectivity index (χ0v) is 10.7. The Morgan fingerprint density at radius 2 is 1.94 bits per heavy atom. The lowest BCUT2D eigenvalue weighted by molar-refractivity contribution is -0.140. The van der Waals surface area contributed by atoms with Crippen molar-refractivity contribution in [3.05, 3.63) is 0 Å². The Labute approximate surface area is 107 Å². The maximum atomic E-state index is 11.5. The maximum Gasteiger partial charge on any atom is 0.328 e. The standard InChI is InChI=1S/C12H22N2O4/c1-2-12(5-3-4-6-12)8-13-11(18)14-9(7-15)10(16)17/h9,15H,2-8H2,1H3,(H,16,17)(H2,13,14,18)/t9-/m0/s1. The highest BCUT2D eigenvalue weighted by Gasteiger charge is 2.32. The van der Waals surface area contributed by atoms with Gasteiger partial charge in [0.25, 0.3) is 0 Å². The third-order valence-corrected chi connectivity index (χ3v) is 3.82. The molecule has 0 radical (unpaired) electrons. The molecule has 6 heteroatoms. The highest BCUT2D eigenvalue weighted by molar-refractivity contribution is 5.82. The lowest BCUT2D eigenvalue weighted by atomic mass is 9.83. The molecule has 0 aromatic heterocycles. The quantitative estimate of drug-likeness (QED) is 0.563. The molecule has 0 heterocycles. The molecule has 2 amide bonds. The Bertz CT molecular complexity index is 300. The predicted octanol–water partition coefficient (Wildman–Crippen LogP) is 0.701. The van der Waals surface area contributed by atoms with Crippen molar-refractivity contribution in [3.63, 3.8) is 0 Å². The number of aliphatic hydroxyl groups excluding tert-OH is 1. The lowest BCUT2D eigenvalue weighted by Gasteiger charge is -2.28. The molecule has 1 aliphatic rings. The lowest BCUT2D eigenvalue weighted by Crippen LogP contribution is -2.49. The third kappa shape index (κ3) is 3.87. The number of carboxylic acid groups (broad SMARTS) is 1. The zero-order chi connectivity index (χ0) is 13.6. The summed E-state index contributed by atoms with van der Waals surface area (Å²) < 4.78 is 0. The highest BCUT2D eigenvalue weighted by Crippen LogP contribution is 2.40. The van der Waals surface area contributed by atoms with E-state index in [2.05, 4.69) is 17.6 Å². The Kier molecular flexibility index (Phi) is 5.40. The van der Waals surface area contributed by atoms with Gasteiger partial charge in [0.2, 0.25) is 0 Å². The number of aliphatic carboxylic acids is 1. The molecule has 1 fully saturated rings. The molecular formula is C12H22N2O4. The minimum atomic E-state index is -1.24. The number of rotatable bonds is 6. The molecule has 0 bridgehead atoms. The predicted molar refractivity (Wildman–Crippen MR) is 66.2 cm³/mol. The summed E-state index contributed by atoms with van der Waals surface area (Å²) in [5.74, 6) is -1.24. The van der Waals surface area contributed by atoms with E-state index in [9.17, 15) is 9.59 Å². The van der Waals surface area contributed by atoms with Crippen molar-refractivity contribution >= 4 is 12.0 Å². The number of carbonyl (C=O) groups excluding carboxylic acids is 1. The van der Waals surface area contributed by atoms with Crippen molar-refractivity contribution < 1.29 is 19.8 Å². The van der Waals surface area contributed by atoms with Crippen LogP contribution in [0.2, 0.25) is 0 Å². The number of urea groups is 1. The number of amides is 2. The number of carboxylic acids is 1. The van der Waals surface area contributed by atoms with Gasteiger partial charge in [0.15, 0.2) is 6.04 Å². The van der Waals surface area contributed by atoms with E-state index in [4.69, 9.17) is 10.2 Å². The third-order valence-electron chi connectivity index (χ3n) is 3.82. The molecule has 4 N–H and O–H groups in total. The van der Waals surface area contributed by atoms with Crippen LogP contribution >= 0.6 is 0 Å². The van der Waals surface area contributed by atoms with Crippen molar-refractivity contribution in [1.82, 2.24) is 10.6 Å². The molecule has 104 valence electrons. The molecule has 1 rings (SSSR count). The number of hydrogen-bond donors (Lipinski definition) is 4. The second-order valence-corrected chi connectivity index (χ2v) is 4.96. The minimum Gasteiger partial charge on any atom is -0.480 e. The zero-order valence-electron chi connectivity index (χ0n) is 10.7. The fraction of sp³-hybridized carbons (Fsp3) is 0.833. The summed E-state index contributed by atoms with van der Waals surface area (Å²) in [6, 6.07) is -1.78. The van der Waals surface area contributed by atoms with Crippen LogP contribution in [0.4, 0.5) is 4.79 Å². The average Bonchev–Trinajstić information content (AvgIpc) is 2.82. The van der Waals surface area contributed by atoms with Gasteiger partial charge in [-0.05, 0) is 24.7 Å². The van der Waals surface area contributed by atoms with Gasteiger partial charge in [0.1, 0.15) is 0 Å². The van der Waals surface area contributed by atoms with Crippen LogP contribution in [0.3, 0.4) is 0 Å². The van der Waals surface area contributed by atoms with Gasteiger partial charge in [-0.3, -0.25) is 0 Å². The van der Waals surface area contributed by atoms with Crippen LogP contribution in [0.5, 0.6) is 0 Å². The normalized spacial score (nSPS) is 19.2. The van der Waals surface area contributed by atoms with Gasteiger partial charge in [-0.1, -0.05) is 19.8 Å². The van der Waals surface area contributed by atoms with E-state index >= 15 is 0 Å². The summed E-state index contributed by atoms with van der Waals surface area (Å²) in [4.78, 5) is 22.2. The smallest absolute Gasteiger partial charge is 0.328 e. The van der Waals surface area contributed by atoms with Gasteiger partial charge in [0.05, 0.1) is 6.61 Å². The monoisotopic (exact) mass is 258 g/mol. The van der Waals surface area contributed by atoms with Crippen LogP contribution in [-0.2, 0) is 4.79 Å². The van der Waals surface area contributed by atoms with Crippen LogP contribution in [0, 0.1) is 5.41 Å². The Balaban J connectivity index is 2.38. The van der Waals surface area contributed by atoms with Crippen molar-refractivity contribution in [2.45, 2.75) is 45.1 Å². The molecular weight excluding hydrogens is 236 g/mol. The summed E-state index contributed by atoms with van der Waals surface area (Å²) in [6.45, 7) is 2.06. The fourth-order valence-corrected chi connectivity index (χ4v) is 2.44. The van der Waals surface area contributed by atoms with E-state index in [1.165, 1.54) is 12.8 Å². The topological polar surface area (TPSA) is 98.7 Å². The molecule has 1 atom stereocenters. The molecule has 6 nitrogen and oxygen atoms in total. The van der Waals surface area contributed by atoms with Gasteiger partial charge in [-0.25, -0.2) is 9.59 Å². The van der Waals surface area contributed by atoms with Crippen LogP contribution in [0.25, 0.3) is 0 Å². The Morgan fingerprint density at radius 1 is 1.33 bits per heavy atom. The van der Waals surface area contributed by atoms with Crippen molar-refractivity contribution in [2.24, 2.45) is 5.41 Å². The summed E-state index contributed by atoms with van der Waals surface area (Å²) >= 11 is 0. The summed E-state index contributed by atoms with van der Waals surface area (Å²) in [5, 5.41) is 22.4. The van der Waals surface area contributed by atoms with Crippen molar-refractivity contribution in [3.8, 4) is 0 Å². The molecule has 0 aliphatic heterocycles. The van der Waals surface area contributed by atoms with Crippen molar-refractivity contribution in [2.75, 3.05) is 13.2 Å². The van der Waals surface area contributed by atoms with Crippen molar-refractivity contribution in [1.29, 1.82) is 0 Å². The minimum absolute atomic E-state index is 0.162. The van der Waals surface area contributed by atoms with Gasteiger partial charge in [-0.2, -0.15) is 0 Å². The molecule has 0 spiro atoms. The second kappa shape index (κ2) is 6.58. The van der Waals surface area contributed by atoms with Gasteiger partial charge >= 0.3 is 12.0 Å². The van der Waals surface area contributed by atoms with Crippen LogP contribution in [0.1, 0.15) is 39.0 Å². The van der Waals surface area contributed by atoms with E-state index in [0.29, 0.717) is 6.54 Å². The van der Waals surface area contributed by atoms with Crippen LogP contribution in [0.15, 0.2) is 0 Å². The van der Waals surface area contributed by atoms with Gasteiger partial charge in [-0.15, -0.1) is 0 Å². The van der Waals surface area contributed by atoms with E-state index in [1.807, 2.05) is 0 Å². The van der Waals surface area contributed by atoms with Gasteiger partial charge < -0.3 is 20.8 Å². The van der Waals surface area contributed by atoms with Crippen LogP contribution in [-0.4, -0.2) is 41.4 Å². The first-order valence-corrected chi connectivity index (χ1v) is 6.41. The first kappa shape index (κ1) is 14.8. The van der Waals surface area contributed by atoms with E-state index in [-0.39, 0.29) is 5.41 Å². The van der Waals surface area contributed by atoms with E-state index < -0.39 is 24.6 Å². The number of nitrogens with one attached hydrogen (secondary N) is 2. The fourth-order valence-electron chi connectivity index (χ4n) is 2.44.